The number of aryl methyl sites for hydroxylation is 1. The van der Waals surface area contributed by atoms with Gasteiger partial charge >= 0.3 is 0 Å². The molecule has 0 fully saturated rings. The molecule has 0 saturated carbocycles. The van der Waals surface area contributed by atoms with Crippen LogP contribution in [0.4, 0.5) is 0 Å². The number of hydrogen-bond donors (Lipinski definition) is 2. The van der Waals surface area contributed by atoms with E-state index in [1.807, 2.05) is 6.07 Å². The first-order valence-electron chi connectivity index (χ1n) is 6.25. The average molecular weight is 299 g/mol. The Bertz CT molecular complexity index is 630. The van der Waals surface area contributed by atoms with Crippen molar-refractivity contribution in [2.45, 2.75) is 37.5 Å². The number of rotatable bonds is 7. The van der Waals surface area contributed by atoms with Crippen molar-refractivity contribution < 1.29 is 22.4 Å². The lowest BCUT2D eigenvalue weighted by atomic mass is 10.2. The van der Waals surface area contributed by atoms with Crippen molar-refractivity contribution in [3.05, 3.63) is 42.0 Å². The lowest BCUT2D eigenvalue weighted by Gasteiger charge is -2.12. The molecule has 2 N–H and O–H groups in total. The third-order valence-electron chi connectivity index (χ3n) is 2.82. The predicted octanol–water partition coefficient (Wildman–Crippen LogP) is 1.66. The molecule has 1 atom stereocenters. The zero-order valence-electron chi connectivity index (χ0n) is 11.1. The van der Waals surface area contributed by atoms with Gasteiger partial charge in [-0.25, -0.2) is 13.1 Å². The summed E-state index contributed by atoms with van der Waals surface area (Å²) < 4.78 is 36.8. The quantitative estimate of drug-likeness (QED) is 0.811. The molecule has 7 heteroatoms. The minimum Gasteiger partial charge on any atom is -0.469 e. The number of aliphatic hydroxyl groups is 1. The van der Waals surface area contributed by atoms with Gasteiger partial charge in [-0.05, 0) is 37.6 Å². The summed E-state index contributed by atoms with van der Waals surface area (Å²) in [4.78, 5) is 0. The van der Waals surface area contributed by atoms with E-state index in [0.29, 0.717) is 12.8 Å². The van der Waals surface area contributed by atoms with Crippen LogP contribution in [0.2, 0.25) is 0 Å². The molecule has 2 aromatic heterocycles. The molecule has 2 aromatic rings. The Morgan fingerprint density at radius 1 is 1.30 bits per heavy atom. The fourth-order valence-corrected chi connectivity index (χ4v) is 3.01. The van der Waals surface area contributed by atoms with E-state index in [4.69, 9.17) is 13.9 Å². The molecule has 20 heavy (non-hydrogen) atoms. The molecule has 0 aromatic carbocycles. The summed E-state index contributed by atoms with van der Waals surface area (Å²) in [6.07, 6.45) is 2.85. The minimum absolute atomic E-state index is 0.189. The lowest BCUT2D eigenvalue weighted by Crippen LogP contribution is -2.32. The lowest BCUT2D eigenvalue weighted by molar-refractivity contribution is 0.236. The first kappa shape index (κ1) is 14.8. The molecule has 0 amide bonds. The molecule has 0 spiro atoms. The second kappa shape index (κ2) is 6.25. The Labute approximate surface area is 117 Å². The van der Waals surface area contributed by atoms with Gasteiger partial charge in [0.05, 0.1) is 6.26 Å². The smallest absolute Gasteiger partial charge is 0.274 e. The predicted molar refractivity (Wildman–Crippen MR) is 71.4 cm³/mol. The third kappa shape index (κ3) is 3.72. The second-order valence-corrected chi connectivity index (χ2v) is 6.16. The van der Waals surface area contributed by atoms with Gasteiger partial charge in [0.25, 0.3) is 10.0 Å². The molecular weight excluding hydrogens is 282 g/mol. The number of sulfonamides is 1. The summed E-state index contributed by atoms with van der Waals surface area (Å²) in [6, 6.07) is 6.15. The number of hydrogen-bond acceptors (Lipinski definition) is 5. The van der Waals surface area contributed by atoms with Gasteiger partial charge in [0.2, 0.25) is 5.09 Å². The maximum atomic E-state index is 12.0. The normalized spacial score (nSPS) is 13.5. The van der Waals surface area contributed by atoms with E-state index >= 15 is 0 Å². The number of nitrogens with one attached hydrogen (secondary N) is 1. The van der Waals surface area contributed by atoms with E-state index < -0.39 is 10.0 Å². The van der Waals surface area contributed by atoms with Gasteiger partial charge in [0.1, 0.15) is 18.1 Å². The number of furan rings is 2. The van der Waals surface area contributed by atoms with Gasteiger partial charge in [-0.1, -0.05) is 0 Å². The van der Waals surface area contributed by atoms with Gasteiger partial charge in [0, 0.05) is 12.5 Å². The van der Waals surface area contributed by atoms with Crippen molar-refractivity contribution in [2.75, 3.05) is 0 Å². The van der Waals surface area contributed by atoms with Crippen LogP contribution in [0.3, 0.4) is 0 Å². The molecule has 0 aliphatic heterocycles. The van der Waals surface area contributed by atoms with Crippen LogP contribution in [-0.2, 0) is 23.1 Å². The van der Waals surface area contributed by atoms with E-state index in [1.54, 1.807) is 19.3 Å². The fraction of sp³-hybridized carbons (Fsp3) is 0.385. The van der Waals surface area contributed by atoms with E-state index in [2.05, 4.69) is 4.72 Å². The van der Waals surface area contributed by atoms with Crippen LogP contribution in [-0.4, -0.2) is 19.6 Å². The van der Waals surface area contributed by atoms with E-state index in [-0.39, 0.29) is 23.5 Å². The summed E-state index contributed by atoms with van der Waals surface area (Å²) in [7, 11) is -3.70. The van der Waals surface area contributed by atoms with E-state index in [1.165, 1.54) is 12.1 Å². The Morgan fingerprint density at radius 3 is 2.70 bits per heavy atom. The van der Waals surface area contributed by atoms with Crippen LogP contribution < -0.4 is 4.72 Å². The minimum atomic E-state index is -3.70. The monoisotopic (exact) mass is 299 g/mol. The summed E-state index contributed by atoms with van der Waals surface area (Å²) >= 11 is 0. The van der Waals surface area contributed by atoms with E-state index in [9.17, 15) is 8.42 Å². The molecule has 110 valence electrons. The molecule has 1 unspecified atom stereocenters. The van der Waals surface area contributed by atoms with Gasteiger partial charge in [0.15, 0.2) is 0 Å². The van der Waals surface area contributed by atoms with Crippen LogP contribution in [0.25, 0.3) is 0 Å². The highest BCUT2D eigenvalue weighted by Gasteiger charge is 2.21. The van der Waals surface area contributed by atoms with Gasteiger partial charge in [-0.2, -0.15) is 0 Å². The summed E-state index contributed by atoms with van der Waals surface area (Å²) in [5.41, 5.74) is 0. The van der Waals surface area contributed by atoms with Crippen LogP contribution in [0.5, 0.6) is 0 Å². The Balaban J connectivity index is 1.93. The molecule has 0 aliphatic rings. The van der Waals surface area contributed by atoms with E-state index in [0.717, 1.165) is 5.76 Å². The summed E-state index contributed by atoms with van der Waals surface area (Å²) in [5.74, 6) is 1.03. The van der Waals surface area contributed by atoms with Crippen molar-refractivity contribution in [1.82, 2.24) is 4.72 Å². The molecule has 2 rings (SSSR count). The Hall–Kier alpha value is -1.57. The first-order chi connectivity index (χ1) is 9.51. The highest BCUT2D eigenvalue weighted by molar-refractivity contribution is 7.89. The van der Waals surface area contributed by atoms with Gasteiger partial charge < -0.3 is 13.9 Å². The molecule has 0 bridgehead atoms. The van der Waals surface area contributed by atoms with Crippen LogP contribution in [0.1, 0.15) is 24.9 Å². The Kier molecular flexibility index (Phi) is 4.64. The van der Waals surface area contributed by atoms with Crippen molar-refractivity contribution in [3.63, 3.8) is 0 Å². The average Bonchev–Trinajstić information content (AvgIpc) is 3.07. The van der Waals surface area contributed by atoms with Crippen LogP contribution >= 0.6 is 0 Å². The summed E-state index contributed by atoms with van der Waals surface area (Å²) in [5, 5.41) is 8.68. The zero-order valence-corrected chi connectivity index (χ0v) is 11.9. The molecule has 0 saturated heterocycles. The maximum Gasteiger partial charge on any atom is 0.274 e. The molecule has 0 radical (unpaired) electrons. The molecule has 2 heterocycles. The highest BCUT2D eigenvalue weighted by Crippen LogP contribution is 2.15. The molecule has 0 aliphatic carbocycles. The van der Waals surface area contributed by atoms with Crippen molar-refractivity contribution in [3.8, 4) is 0 Å². The van der Waals surface area contributed by atoms with Crippen LogP contribution in [0, 0.1) is 0 Å². The number of aliphatic hydroxyl groups excluding tert-OH is 1. The molecular formula is C13H17NO5S. The largest absolute Gasteiger partial charge is 0.469 e. The standard InChI is InChI=1S/C13H17NO5S/c1-10(4-5-11-3-2-8-18-11)14-20(16,17)13-7-6-12(9-15)19-13/h2-3,6-8,10,14-15H,4-5,9H2,1H3. The van der Waals surface area contributed by atoms with Crippen molar-refractivity contribution >= 4 is 10.0 Å². The summed E-state index contributed by atoms with van der Waals surface area (Å²) in [6.45, 7) is 1.44. The third-order valence-corrected chi connectivity index (χ3v) is 4.28. The molecule has 6 nitrogen and oxygen atoms in total. The van der Waals surface area contributed by atoms with Gasteiger partial charge in [-0.3, -0.25) is 0 Å². The van der Waals surface area contributed by atoms with Gasteiger partial charge in [-0.15, -0.1) is 0 Å². The Morgan fingerprint density at radius 2 is 2.10 bits per heavy atom. The SMILES string of the molecule is CC(CCc1ccco1)NS(=O)(=O)c1ccc(CO)o1. The maximum absolute atomic E-state index is 12.0. The topological polar surface area (TPSA) is 92.7 Å². The second-order valence-electron chi connectivity index (χ2n) is 4.52. The zero-order chi connectivity index (χ0) is 14.6. The van der Waals surface area contributed by atoms with Crippen molar-refractivity contribution in [2.24, 2.45) is 0 Å². The first-order valence-corrected chi connectivity index (χ1v) is 7.74. The fourth-order valence-electron chi connectivity index (χ4n) is 1.78. The van der Waals surface area contributed by atoms with Crippen LogP contribution in [0.15, 0.2) is 44.5 Å². The highest BCUT2D eigenvalue weighted by atomic mass is 32.2. The van der Waals surface area contributed by atoms with Crippen molar-refractivity contribution in [1.29, 1.82) is 0 Å².